The second-order valence-corrected chi connectivity index (χ2v) is 5.04. The van der Waals surface area contributed by atoms with Crippen LogP contribution in [0, 0.1) is 6.92 Å². The van der Waals surface area contributed by atoms with Crippen molar-refractivity contribution in [3.8, 4) is 11.4 Å². The second-order valence-electron chi connectivity index (χ2n) is 4.12. The smallest absolute Gasteiger partial charge is 0.246 e. The van der Waals surface area contributed by atoms with Gasteiger partial charge in [0.25, 0.3) is 0 Å². The first-order chi connectivity index (χ1) is 9.22. The Labute approximate surface area is 118 Å². The Kier molecular flexibility index (Phi) is 3.16. The normalized spacial score (nSPS) is 10.8. The summed E-state index contributed by atoms with van der Waals surface area (Å²) in [6.45, 7) is 2.47. The van der Waals surface area contributed by atoms with Crippen molar-refractivity contribution in [2.24, 2.45) is 0 Å². The van der Waals surface area contributed by atoms with E-state index in [0.29, 0.717) is 18.3 Å². The van der Waals surface area contributed by atoms with E-state index in [4.69, 9.17) is 4.52 Å². The van der Waals surface area contributed by atoms with E-state index < -0.39 is 0 Å². The third-order valence-corrected chi connectivity index (χ3v) is 3.33. The molecule has 0 bridgehead atoms. The van der Waals surface area contributed by atoms with Gasteiger partial charge in [-0.2, -0.15) is 4.98 Å². The lowest BCUT2D eigenvalue weighted by atomic mass is 10.2. The van der Waals surface area contributed by atoms with Crippen molar-refractivity contribution in [3.05, 3.63) is 52.8 Å². The minimum absolute atomic E-state index is 0.537. The van der Waals surface area contributed by atoms with Gasteiger partial charge in [0.05, 0.1) is 0 Å². The molecule has 1 aromatic carbocycles. The molecule has 0 radical (unpaired) electrons. The Hall–Kier alpha value is -1.95. The highest BCUT2D eigenvalue weighted by atomic mass is 79.9. The molecule has 0 amide bonds. The summed E-state index contributed by atoms with van der Waals surface area (Å²) < 4.78 is 8.24. The molecule has 3 rings (SSSR count). The first kappa shape index (κ1) is 12.1. The monoisotopic (exact) mass is 318 g/mol. The summed E-state index contributed by atoms with van der Waals surface area (Å²) >= 11 is 3.40. The quantitative estimate of drug-likeness (QED) is 0.744. The molecule has 2 aromatic heterocycles. The maximum absolute atomic E-state index is 5.26. The topological polar surface area (TPSA) is 56.7 Å². The van der Waals surface area contributed by atoms with Gasteiger partial charge < -0.3 is 9.09 Å². The van der Waals surface area contributed by atoms with Gasteiger partial charge in [-0.3, -0.25) is 0 Å². The van der Waals surface area contributed by atoms with Crippen molar-refractivity contribution in [1.82, 2.24) is 19.7 Å². The van der Waals surface area contributed by atoms with Crippen LogP contribution in [-0.2, 0) is 6.54 Å². The molecule has 0 N–H and O–H groups in total. The van der Waals surface area contributed by atoms with Crippen LogP contribution in [0.25, 0.3) is 11.4 Å². The highest BCUT2D eigenvalue weighted by Gasteiger charge is 2.09. The fraction of sp³-hybridized carbons (Fsp3) is 0.154. The minimum atomic E-state index is 0.537. The van der Waals surface area contributed by atoms with E-state index in [1.165, 1.54) is 0 Å². The Morgan fingerprint density at radius 2 is 2.05 bits per heavy atom. The molecule has 0 aliphatic heterocycles. The summed E-state index contributed by atoms with van der Waals surface area (Å²) in [4.78, 5) is 8.54. The molecule has 0 aliphatic carbocycles. The molecule has 2 heterocycles. The molecule has 0 atom stereocenters. The zero-order valence-electron chi connectivity index (χ0n) is 10.2. The number of halogens is 1. The Bertz CT molecular complexity index is 687. The average Bonchev–Trinajstić information content (AvgIpc) is 3.01. The number of rotatable bonds is 3. The van der Waals surface area contributed by atoms with Crippen LogP contribution in [0.5, 0.6) is 0 Å². The Morgan fingerprint density at radius 3 is 2.74 bits per heavy atom. The summed E-state index contributed by atoms with van der Waals surface area (Å²) in [5, 5.41) is 3.99. The number of aryl methyl sites for hydroxylation is 1. The number of hydrogen-bond donors (Lipinski definition) is 0. The molecule has 0 spiro atoms. The average molecular weight is 319 g/mol. The van der Waals surface area contributed by atoms with Crippen molar-refractivity contribution >= 4 is 15.9 Å². The lowest BCUT2D eigenvalue weighted by molar-refractivity contribution is 0.370. The number of aromatic nitrogens is 4. The fourth-order valence-electron chi connectivity index (χ4n) is 1.75. The van der Waals surface area contributed by atoms with Crippen molar-refractivity contribution in [2.75, 3.05) is 0 Å². The molecule has 0 saturated carbocycles. The molecular formula is C13H11BrN4O. The predicted octanol–water partition coefficient (Wildman–Crippen LogP) is 3.05. The summed E-state index contributed by atoms with van der Waals surface area (Å²) in [6, 6.07) is 7.79. The van der Waals surface area contributed by atoms with E-state index in [9.17, 15) is 0 Å². The van der Waals surface area contributed by atoms with E-state index in [2.05, 4.69) is 31.1 Å². The van der Waals surface area contributed by atoms with Gasteiger partial charge in [0.1, 0.15) is 12.4 Å². The lowest BCUT2D eigenvalue weighted by Crippen LogP contribution is -2.00. The molecule has 6 heteroatoms. The fourth-order valence-corrected chi connectivity index (χ4v) is 2.02. The molecule has 3 aromatic rings. The maximum Gasteiger partial charge on any atom is 0.246 e. The number of imidazole rings is 1. The zero-order chi connectivity index (χ0) is 13.2. The highest BCUT2D eigenvalue weighted by molar-refractivity contribution is 9.10. The van der Waals surface area contributed by atoms with Gasteiger partial charge in [-0.1, -0.05) is 21.1 Å². The maximum atomic E-state index is 5.26. The molecule has 5 nitrogen and oxygen atoms in total. The number of benzene rings is 1. The minimum Gasteiger partial charge on any atom is -0.337 e. The second kappa shape index (κ2) is 4.97. The largest absolute Gasteiger partial charge is 0.337 e. The zero-order valence-corrected chi connectivity index (χ0v) is 11.8. The van der Waals surface area contributed by atoms with Crippen LogP contribution in [-0.4, -0.2) is 19.7 Å². The summed E-state index contributed by atoms with van der Waals surface area (Å²) in [5.74, 6) is 2.09. The van der Waals surface area contributed by atoms with E-state index in [1.54, 1.807) is 6.20 Å². The first-order valence-electron chi connectivity index (χ1n) is 5.78. The molecule has 96 valence electrons. The Morgan fingerprint density at radius 1 is 1.26 bits per heavy atom. The molecule has 0 aliphatic rings. The van der Waals surface area contributed by atoms with Crippen molar-refractivity contribution in [1.29, 1.82) is 0 Å². The third kappa shape index (κ3) is 2.58. The van der Waals surface area contributed by atoms with Crippen LogP contribution >= 0.6 is 15.9 Å². The number of nitrogens with zero attached hydrogens (tertiary/aromatic N) is 4. The molecule has 0 saturated heterocycles. The van der Waals surface area contributed by atoms with Gasteiger partial charge in [-0.25, -0.2) is 4.98 Å². The molecule has 0 fully saturated rings. The van der Waals surface area contributed by atoms with Crippen LogP contribution in [0.2, 0.25) is 0 Å². The van der Waals surface area contributed by atoms with Gasteiger partial charge in [-0.05, 0) is 31.2 Å². The van der Waals surface area contributed by atoms with Gasteiger partial charge in [-0.15, -0.1) is 0 Å². The first-order valence-corrected chi connectivity index (χ1v) is 6.58. The van der Waals surface area contributed by atoms with E-state index in [1.807, 2.05) is 42.0 Å². The van der Waals surface area contributed by atoms with Gasteiger partial charge in [0.15, 0.2) is 0 Å². The van der Waals surface area contributed by atoms with E-state index >= 15 is 0 Å². The number of hydrogen-bond acceptors (Lipinski definition) is 4. The third-order valence-electron chi connectivity index (χ3n) is 2.80. The predicted molar refractivity (Wildman–Crippen MR) is 73.5 cm³/mol. The standard InChI is InChI=1S/C13H11BrN4O/c1-9-15-6-7-18(9)8-12-16-13(17-19-12)10-2-4-11(14)5-3-10/h2-7H,8H2,1H3. The molecule has 0 unspecified atom stereocenters. The van der Waals surface area contributed by atoms with Gasteiger partial charge >= 0.3 is 0 Å². The van der Waals surface area contributed by atoms with Gasteiger partial charge in [0, 0.05) is 22.4 Å². The summed E-state index contributed by atoms with van der Waals surface area (Å²) in [7, 11) is 0. The van der Waals surface area contributed by atoms with Crippen molar-refractivity contribution < 1.29 is 4.52 Å². The van der Waals surface area contributed by atoms with Crippen LogP contribution < -0.4 is 0 Å². The van der Waals surface area contributed by atoms with Crippen LogP contribution in [0.4, 0.5) is 0 Å². The van der Waals surface area contributed by atoms with E-state index in [0.717, 1.165) is 15.9 Å². The van der Waals surface area contributed by atoms with E-state index in [-0.39, 0.29) is 0 Å². The highest BCUT2D eigenvalue weighted by Crippen LogP contribution is 2.19. The SMILES string of the molecule is Cc1nccn1Cc1nc(-c2ccc(Br)cc2)no1. The Balaban J connectivity index is 1.83. The van der Waals surface area contributed by atoms with Crippen LogP contribution in [0.1, 0.15) is 11.7 Å². The van der Waals surface area contributed by atoms with Gasteiger partial charge in [0.2, 0.25) is 11.7 Å². The van der Waals surface area contributed by atoms with Crippen LogP contribution in [0.15, 0.2) is 45.7 Å². The molecular weight excluding hydrogens is 308 g/mol. The summed E-state index contributed by atoms with van der Waals surface area (Å²) in [5.41, 5.74) is 0.931. The van der Waals surface area contributed by atoms with Crippen LogP contribution in [0.3, 0.4) is 0 Å². The molecule has 19 heavy (non-hydrogen) atoms. The summed E-state index contributed by atoms with van der Waals surface area (Å²) in [6.07, 6.45) is 3.64. The van der Waals surface area contributed by atoms with Crippen molar-refractivity contribution in [2.45, 2.75) is 13.5 Å². The lowest BCUT2D eigenvalue weighted by Gasteiger charge is -1.98. The van der Waals surface area contributed by atoms with Crippen molar-refractivity contribution in [3.63, 3.8) is 0 Å².